The third-order valence-electron chi connectivity index (χ3n) is 7.09. The second-order valence-electron chi connectivity index (χ2n) is 10.9. The molecular weight excluding hydrogens is 503 g/mol. The lowest BCUT2D eigenvalue weighted by molar-refractivity contribution is -0.155. The van der Waals surface area contributed by atoms with Crippen LogP contribution >= 0.6 is 0 Å². The third-order valence-corrected chi connectivity index (χ3v) is 7.09. The first-order valence-electron chi connectivity index (χ1n) is 13.6. The average Bonchev–Trinajstić information content (AvgIpc) is 3.43. The van der Waals surface area contributed by atoms with E-state index < -0.39 is 60.1 Å². The molecular formula is C29H43FN4O5. The standard InChI is InChI=1S/C29H43FN4O5/c1-18(2)15-25(34(20(4)35)28(38)19(3)32-27(37)24-13-10-14-31-24)26(36)23(17-30)22(29(39)33(5)6)16-21-11-8-7-9-12-21/h7-9,11-12,18-19,22-25,31H,10,13-17H2,1-6H3,(H,32,37)/t19-,22?,23?,24-,25-/m0/s1. The minimum absolute atomic E-state index is 0.0969. The molecule has 1 heterocycles. The zero-order chi connectivity index (χ0) is 29.3. The maximum atomic E-state index is 14.7. The SMILES string of the molecule is CC(=O)N(C(=O)[C@H](C)NC(=O)[C@@H]1CCCN1)[C@@H](CC(C)C)C(=O)C(CF)C(Cc1ccccc1)C(=O)N(C)C. The van der Waals surface area contributed by atoms with Gasteiger partial charge in [0.1, 0.15) is 6.04 Å². The lowest BCUT2D eigenvalue weighted by Gasteiger charge is -2.35. The molecule has 0 radical (unpaired) electrons. The van der Waals surface area contributed by atoms with Gasteiger partial charge in [0.25, 0.3) is 5.91 Å². The Bertz CT molecular complexity index is 1010. The molecule has 10 heteroatoms. The van der Waals surface area contributed by atoms with Crippen LogP contribution in [0.3, 0.4) is 0 Å². The molecule has 9 nitrogen and oxygen atoms in total. The molecule has 4 amide bonds. The van der Waals surface area contributed by atoms with Gasteiger partial charge in [-0.25, -0.2) is 0 Å². The van der Waals surface area contributed by atoms with Crippen molar-refractivity contribution in [1.82, 2.24) is 20.4 Å². The topological polar surface area (TPSA) is 116 Å². The van der Waals surface area contributed by atoms with E-state index in [1.165, 1.54) is 18.7 Å². The third kappa shape index (κ3) is 8.68. The van der Waals surface area contributed by atoms with Gasteiger partial charge in [-0.1, -0.05) is 44.2 Å². The van der Waals surface area contributed by atoms with Crippen molar-refractivity contribution in [1.29, 1.82) is 0 Å². The first kappa shape index (κ1) is 32.1. The van der Waals surface area contributed by atoms with E-state index in [2.05, 4.69) is 10.6 Å². The van der Waals surface area contributed by atoms with Crippen LogP contribution in [0.1, 0.15) is 52.5 Å². The smallest absolute Gasteiger partial charge is 0.252 e. The molecule has 5 atom stereocenters. The molecule has 0 spiro atoms. The van der Waals surface area contributed by atoms with Crippen LogP contribution < -0.4 is 10.6 Å². The summed E-state index contributed by atoms with van der Waals surface area (Å²) in [6, 6.07) is 6.23. The van der Waals surface area contributed by atoms with Crippen molar-refractivity contribution in [2.24, 2.45) is 17.8 Å². The number of alkyl halides is 1. The van der Waals surface area contributed by atoms with Gasteiger partial charge >= 0.3 is 0 Å². The summed E-state index contributed by atoms with van der Waals surface area (Å²) in [4.78, 5) is 68.3. The predicted octanol–water partition coefficient (Wildman–Crippen LogP) is 2.13. The van der Waals surface area contributed by atoms with E-state index in [-0.39, 0.29) is 24.7 Å². The number of carbonyl (C=O) groups is 5. The molecule has 216 valence electrons. The van der Waals surface area contributed by atoms with Gasteiger partial charge in [0.05, 0.1) is 30.6 Å². The number of hydrogen-bond acceptors (Lipinski definition) is 6. The van der Waals surface area contributed by atoms with Crippen LogP contribution in [0.15, 0.2) is 30.3 Å². The Hall–Kier alpha value is -3.14. The molecule has 1 aromatic rings. The summed E-state index contributed by atoms with van der Waals surface area (Å²) < 4.78 is 14.7. The van der Waals surface area contributed by atoms with Crippen LogP contribution in [-0.2, 0) is 30.4 Å². The number of hydrogen-bond donors (Lipinski definition) is 2. The Morgan fingerprint density at radius 3 is 2.15 bits per heavy atom. The highest BCUT2D eigenvalue weighted by Crippen LogP contribution is 2.27. The first-order chi connectivity index (χ1) is 18.4. The number of amides is 4. The van der Waals surface area contributed by atoms with Gasteiger partial charge in [0.2, 0.25) is 17.7 Å². The number of imide groups is 1. The van der Waals surface area contributed by atoms with E-state index >= 15 is 0 Å². The number of carbonyl (C=O) groups excluding carboxylic acids is 5. The van der Waals surface area contributed by atoms with Crippen LogP contribution in [0, 0.1) is 17.8 Å². The zero-order valence-corrected chi connectivity index (χ0v) is 23.9. The summed E-state index contributed by atoms with van der Waals surface area (Å²) in [6.45, 7) is 5.87. The number of nitrogens with zero attached hydrogens (tertiary/aromatic N) is 2. The first-order valence-corrected chi connectivity index (χ1v) is 13.6. The summed E-state index contributed by atoms with van der Waals surface area (Å²) in [6.07, 6.45) is 1.70. The van der Waals surface area contributed by atoms with Crippen molar-refractivity contribution in [3.05, 3.63) is 35.9 Å². The number of ketones is 1. The Morgan fingerprint density at radius 2 is 1.67 bits per heavy atom. The monoisotopic (exact) mass is 546 g/mol. The van der Waals surface area contributed by atoms with Crippen LogP contribution in [-0.4, -0.2) is 84.7 Å². The number of halogens is 1. The van der Waals surface area contributed by atoms with Crippen molar-refractivity contribution in [3.63, 3.8) is 0 Å². The molecule has 0 saturated carbocycles. The quantitative estimate of drug-likeness (QED) is 0.392. The molecule has 0 aromatic heterocycles. The molecule has 1 saturated heterocycles. The Kier molecular flexibility index (Phi) is 12.2. The Balaban J connectivity index is 2.41. The zero-order valence-electron chi connectivity index (χ0n) is 23.9. The van der Waals surface area contributed by atoms with Crippen molar-refractivity contribution < 1.29 is 28.4 Å². The molecule has 2 unspecified atom stereocenters. The number of Topliss-reactive ketones (excluding diaryl/α,β-unsaturated/α-hetero) is 1. The number of benzene rings is 1. The Labute approximate surface area is 230 Å². The minimum atomic E-state index is -1.37. The fourth-order valence-corrected chi connectivity index (χ4v) is 5.05. The van der Waals surface area contributed by atoms with E-state index in [9.17, 15) is 28.4 Å². The average molecular weight is 547 g/mol. The van der Waals surface area contributed by atoms with Gasteiger partial charge in [-0.05, 0) is 50.6 Å². The van der Waals surface area contributed by atoms with Crippen LogP contribution in [0.25, 0.3) is 0 Å². The van der Waals surface area contributed by atoms with Gasteiger partial charge in [0, 0.05) is 21.0 Å². The molecule has 39 heavy (non-hydrogen) atoms. The van der Waals surface area contributed by atoms with Crippen LogP contribution in [0.5, 0.6) is 0 Å². The molecule has 1 aliphatic rings. The minimum Gasteiger partial charge on any atom is -0.349 e. The molecule has 2 rings (SSSR count). The Morgan fingerprint density at radius 1 is 1.03 bits per heavy atom. The maximum Gasteiger partial charge on any atom is 0.252 e. The normalized spacial score (nSPS) is 18.1. The lowest BCUT2D eigenvalue weighted by atomic mass is 9.79. The summed E-state index contributed by atoms with van der Waals surface area (Å²) >= 11 is 0. The molecule has 0 aliphatic carbocycles. The van der Waals surface area contributed by atoms with Crippen molar-refractivity contribution in [3.8, 4) is 0 Å². The predicted molar refractivity (Wildman–Crippen MR) is 146 cm³/mol. The van der Waals surface area contributed by atoms with Crippen LogP contribution in [0.2, 0.25) is 0 Å². The maximum absolute atomic E-state index is 14.7. The number of nitrogens with one attached hydrogen (secondary N) is 2. The van der Waals surface area contributed by atoms with E-state index in [4.69, 9.17) is 0 Å². The van der Waals surface area contributed by atoms with Gasteiger partial charge in [-0.15, -0.1) is 0 Å². The second-order valence-corrected chi connectivity index (χ2v) is 10.9. The van der Waals surface area contributed by atoms with Gasteiger partial charge in [0.15, 0.2) is 5.78 Å². The second kappa shape index (κ2) is 14.9. The van der Waals surface area contributed by atoms with E-state index in [0.717, 1.165) is 16.9 Å². The molecule has 1 aromatic carbocycles. The summed E-state index contributed by atoms with van der Waals surface area (Å²) in [5, 5.41) is 5.70. The highest BCUT2D eigenvalue weighted by atomic mass is 19.1. The van der Waals surface area contributed by atoms with E-state index in [1.807, 2.05) is 19.9 Å². The van der Waals surface area contributed by atoms with Crippen molar-refractivity contribution in [2.45, 2.75) is 71.5 Å². The molecule has 0 bridgehead atoms. The van der Waals surface area contributed by atoms with Gasteiger partial charge in [-0.2, -0.15) is 0 Å². The molecule has 1 fully saturated rings. The van der Waals surface area contributed by atoms with E-state index in [0.29, 0.717) is 13.0 Å². The highest BCUT2D eigenvalue weighted by molar-refractivity contribution is 6.04. The van der Waals surface area contributed by atoms with Gasteiger partial charge < -0.3 is 15.5 Å². The van der Waals surface area contributed by atoms with Crippen molar-refractivity contribution in [2.75, 3.05) is 27.3 Å². The summed E-state index contributed by atoms with van der Waals surface area (Å²) in [5.41, 5.74) is 0.765. The largest absolute Gasteiger partial charge is 0.349 e. The van der Waals surface area contributed by atoms with Gasteiger partial charge in [-0.3, -0.25) is 33.3 Å². The summed E-state index contributed by atoms with van der Waals surface area (Å²) in [5.74, 6) is -5.40. The lowest BCUT2D eigenvalue weighted by Crippen LogP contribution is -2.58. The fraction of sp³-hybridized carbons (Fsp3) is 0.621. The fourth-order valence-electron chi connectivity index (χ4n) is 5.05. The van der Waals surface area contributed by atoms with Crippen LogP contribution in [0.4, 0.5) is 4.39 Å². The van der Waals surface area contributed by atoms with Crippen molar-refractivity contribution >= 4 is 29.4 Å². The van der Waals surface area contributed by atoms with E-state index in [1.54, 1.807) is 38.4 Å². The molecule has 1 aliphatic heterocycles. The number of rotatable bonds is 13. The molecule has 2 N–H and O–H groups in total. The summed E-state index contributed by atoms with van der Waals surface area (Å²) in [7, 11) is 3.08. The highest BCUT2D eigenvalue weighted by Gasteiger charge is 2.43.